The first-order valence-electron chi connectivity index (χ1n) is 9.62. The van der Waals surface area contributed by atoms with Crippen LogP contribution >= 0.6 is 0 Å². The summed E-state index contributed by atoms with van der Waals surface area (Å²) in [5, 5.41) is 7.13. The Morgan fingerprint density at radius 1 is 1.21 bits per heavy atom. The summed E-state index contributed by atoms with van der Waals surface area (Å²) in [6.07, 6.45) is 1.43. The van der Waals surface area contributed by atoms with Gasteiger partial charge in [0.1, 0.15) is 0 Å². The van der Waals surface area contributed by atoms with Gasteiger partial charge in [0.25, 0.3) is 0 Å². The molecule has 0 saturated carbocycles. The molecule has 1 saturated heterocycles. The van der Waals surface area contributed by atoms with Crippen LogP contribution in [-0.2, 0) is 11.3 Å². The highest BCUT2D eigenvalue weighted by Gasteiger charge is 2.26. The second-order valence-electron chi connectivity index (χ2n) is 7.22. The molecule has 0 aliphatic carbocycles. The van der Waals surface area contributed by atoms with Crippen molar-refractivity contribution in [2.24, 2.45) is 0 Å². The summed E-state index contributed by atoms with van der Waals surface area (Å²) in [4.78, 5) is 18.2. The summed E-state index contributed by atoms with van der Waals surface area (Å²) in [6.45, 7) is 5.43. The lowest BCUT2D eigenvalue weighted by Gasteiger charge is -2.27. The first-order valence-corrected chi connectivity index (χ1v) is 9.62. The topological polar surface area (TPSA) is 99.0 Å². The Hall–Kier alpha value is -2.81. The number of aromatic nitrogens is 2. The molecule has 0 bridgehead atoms. The zero-order chi connectivity index (χ0) is 21.0. The van der Waals surface area contributed by atoms with Crippen molar-refractivity contribution in [1.29, 1.82) is 0 Å². The van der Waals surface area contributed by atoms with Crippen LogP contribution in [0.3, 0.4) is 0 Å². The maximum atomic E-state index is 11.5. The Balaban J connectivity index is 1.80. The van der Waals surface area contributed by atoms with Crippen LogP contribution < -0.4 is 19.5 Å². The van der Waals surface area contributed by atoms with Gasteiger partial charge in [0.05, 0.1) is 33.4 Å². The van der Waals surface area contributed by atoms with E-state index in [2.05, 4.69) is 34.2 Å². The number of nitrogens with one attached hydrogen (secondary N) is 1. The average Bonchev–Trinajstić information content (AvgIpc) is 3.34. The van der Waals surface area contributed by atoms with Crippen molar-refractivity contribution >= 4 is 5.91 Å². The molecule has 0 unspecified atom stereocenters. The van der Waals surface area contributed by atoms with Crippen LogP contribution in [0.1, 0.15) is 32.6 Å². The van der Waals surface area contributed by atoms with Gasteiger partial charge >= 0.3 is 0 Å². The van der Waals surface area contributed by atoms with Crippen LogP contribution in [0.2, 0.25) is 0 Å². The maximum absolute atomic E-state index is 11.5. The zero-order valence-electron chi connectivity index (χ0n) is 17.5. The van der Waals surface area contributed by atoms with Crippen molar-refractivity contribution in [2.45, 2.75) is 45.3 Å². The summed E-state index contributed by atoms with van der Waals surface area (Å²) in [5.41, 5.74) is 0.652. The monoisotopic (exact) mass is 404 g/mol. The number of carbonyl (C=O) groups is 1. The number of amides is 1. The van der Waals surface area contributed by atoms with Crippen LogP contribution in [0, 0.1) is 0 Å². The molecule has 9 nitrogen and oxygen atoms in total. The highest BCUT2D eigenvalue weighted by atomic mass is 16.5. The van der Waals surface area contributed by atoms with Gasteiger partial charge in [-0.2, -0.15) is 4.98 Å². The minimum atomic E-state index is 0.110. The van der Waals surface area contributed by atoms with Gasteiger partial charge < -0.3 is 24.1 Å². The normalized spacial score (nSPS) is 16.4. The molecule has 0 radical (unpaired) electrons. The second kappa shape index (κ2) is 9.13. The SMILES string of the molecule is COc1ccc(-c2noc(CN(C[C@@H]3CCC(=O)N3)C(C)C)n2)c(OC)c1OC. The summed E-state index contributed by atoms with van der Waals surface area (Å²) < 4.78 is 21.8. The van der Waals surface area contributed by atoms with Crippen LogP contribution in [0.4, 0.5) is 0 Å². The van der Waals surface area contributed by atoms with Gasteiger partial charge in [-0.1, -0.05) is 5.16 Å². The molecule has 1 N–H and O–H groups in total. The Bertz CT molecular complexity index is 851. The number of rotatable bonds is 9. The van der Waals surface area contributed by atoms with E-state index in [4.69, 9.17) is 18.7 Å². The molecule has 9 heteroatoms. The van der Waals surface area contributed by atoms with Gasteiger partial charge in [-0.25, -0.2) is 0 Å². The van der Waals surface area contributed by atoms with E-state index in [0.717, 1.165) is 13.0 Å². The standard InChI is InChI=1S/C20H28N4O5/c1-12(2)24(10-13-6-9-16(25)21-13)11-17-22-20(23-29-17)14-7-8-15(26-3)19(28-5)18(14)27-4/h7-8,12-13H,6,9-11H2,1-5H3,(H,21,25)/t13-/m0/s1. The van der Waals surface area contributed by atoms with Crippen LogP contribution in [0.5, 0.6) is 17.2 Å². The van der Waals surface area contributed by atoms with Crippen molar-refractivity contribution in [2.75, 3.05) is 27.9 Å². The van der Waals surface area contributed by atoms with E-state index in [1.165, 1.54) is 0 Å². The molecule has 0 spiro atoms. The smallest absolute Gasteiger partial charge is 0.241 e. The quantitative estimate of drug-likeness (QED) is 0.679. The van der Waals surface area contributed by atoms with E-state index in [1.54, 1.807) is 27.4 Å². The third kappa shape index (κ3) is 4.61. The highest BCUT2D eigenvalue weighted by molar-refractivity contribution is 5.78. The average molecular weight is 404 g/mol. The summed E-state index contributed by atoms with van der Waals surface area (Å²) in [6, 6.07) is 4.00. The lowest BCUT2D eigenvalue weighted by atomic mass is 10.1. The molecule has 1 aliphatic rings. The van der Waals surface area contributed by atoms with Gasteiger partial charge in [-0.05, 0) is 32.4 Å². The third-order valence-electron chi connectivity index (χ3n) is 5.02. The minimum Gasteiger partial charge on any atom is -0.493 e. The molecule has 1 amide bonds. The fourth-order valence-corrected chi connectivity index (χ4v) is 3.43. The summed E-state index contributed by atoms with van der Waals surface area (Å²) in [7, 11) is 4.67. The molecule has 1 aromatic carbocycles. The van der Waals surface area contributed by atoms with E-state index in [0.29, 0.717) is 47.5 Å². The predicted molar refractivity (Wildman–Crippen MR) is 106 cm³/mol. The van der Waals surface area contributed by atoms with E-state index in [-0.39, 0.29) is 18.0 Å². The molecular formula is C20H28N4O5. The minimum absolute atomic E-state index is 0.110. The Kier molecular flexibility index (Phi) is 6.58. The zero-order valence-corrected chi connectivity index (χ0v) is 17.5. The van der Waals surface area contributed by atoms with Crippen LogP contribution in [0.15, 0.2) is 16.7 Å². The Labute approximate surface area is 170 Å². The van der Waals surface area contributed by atoms with Crippen molar-refractivity contribution in [3.63, 3.8) is 0 Å². The molecule has 3 rings (SSSR count). The number of carbonyl (C=O) groups excluding carboxylic acids is 1. The molecule has 29 heavy (non-hydrogen) atoms. The number of hydrogen-bond donors (Lipinski definition) is 1. The predicted octanol–water partition coefficient (Wildman–Crippen LogP) is 2.25. The number of hydrogen-bond acceptors (Lipinski definition) is 8. The molecule has 1 aromatic heterocycles. The van der Waals surface area contributed by atoms with E-state index < -0.39 is 0 Å². The first-order chi connectivity index (χ1) is 14.0. The van der Waals surface area contributed by atoms with Gasteiger partial charge in [0, 0.05) is 25.0 Å². The van der Waals surface area contributed by atoms with Crippen molar-refractivity contribution in [3.05, 3.63) is 18.0 Å². The van der Waals surface area contributed by atoms with Gasteiger partial charge in [0.15, 0.2) is 11.5 Å². The largest absolute Gasteiger partial charge is 0.493 e. The maximum Gasteiger partial charge on any atom is 0.241 e. The summed E-state index contributed by atoms with van der Waals surface area (Å²) >= 11 is 0. The molecule has 1 aliphatic heterocycles. The number of methoxy groups -OCH3 is 3. The van der Waals surface area contributed by atoms with E-state index in [1.807, 2.05) is 6.07 Å². The fourth-order valence-electron chi connectivity index (χ4n) is 3.43. The lowest BCUT2D eigenvalue weighted by molar-refractivity contribution is -0.119. The Morgan fingerprint density at radius 2 is 1.97 bits per heavy atom. The molecule has 158 valence electrons. The van der Waals surface area contributed by atoms with Gasteiger partial charge in [0.2, 0.25) is 23.4 Å². The molecule has 1 fully saturated rings. The third-order valence-corrected chi connectivity index (χ3v) is 5.02. The van der Waals surface area contributed by atoms with Crippen LogP contribution in [0.25, 0.3) is 11.4 Å². The summed E-state index contributed by atoms with van der Waals surface area (Å²) in [5.74, 6) is 2.53. The molecule has 2 heterocycles. The fraction of sp³-hybridized carbons (Fsp3) is 0.550. The van der Waals surface area contributed by atoms with Crippen molar-refractivity contribution in [3.8, 4) is 28.6 Å². The lowest BCUT2D eigenvalue weighted by Crippen LogP contribution is -2.41. The van der Waals surface area contributed by atoms with Crippen molar-refractivity contribution in [1.82, 2.24) is 20.4 Å². The molecule has 1 atom stereocenters. The Morgan fingerprint density at radius 3 is 2.55 bits per heavy atom. The second-order valence-corrected chi connectivity index (χ2v) is 7.22. The molecular weight excluding hydrogens is 376 g/mol. The number of ether oxygens (including phenoxy) is 3. The van der Waals surface area contributed by atoms with Crippen LogP contribution in [-0.4, -0.2) is 60.9 Å². The van der Waals surface area contributed by atoms with Gasteiger partial charge in [-0.3, -0.25) is 9.69 Å². The number of nitrogens with zero attached hydrogens (tertiary/aromatic N) is 3. The van der Waals surface area contributed by atoms with E-state index >= 15 is 0 Å². The highest BCUT2D eigenvalue weighted by Crippen LogP contribution is 2.43. The van der Waals surface area contributed by atoms with E-state index in [9.17, 15) is 4.79 Å². The first kappa shape index (κ1) is 20.9. The van der Waals surface area contributed by atoms with Gasteiger partial charge in [-0.15, -0.1) is 0 Å². The number of benzene rings is 1. The molecule has 2 aromatic rings. The van der Waals surface area contributed by atoms with Crippen molar-refractivity contribution < 1.29 is 23.5 Å².